The van der Waals surface area contributed by atoms with Crippen molar-refractivity contribution in [3.05, 3.63) is 59.5 Å². The van der Waals surface area contributed by atoms with Crippen LogP contribution in [0.15, 0.2) is 59.5 Å². The smallest absolute Gasteiger partial charge is 0.122 e. The second-order valence-corrected chi connectivity index (χ2v) is 6.24. The van der Waals surface area contributed by atoms with Crippen LogP contribution in [-0.2, 0) is 0 Å². The summed E-state index contributed by atoms with van der Waals surface area (Å²) in [7, 11) is 0. The van der Waals surface area contributed by atoms with Gasteiger partial charge in [0.1, 0.15) is 5.83 Å². The molecule has 0 saturated carbocycles. The Balaban J connectivity index is 2.75. The highest BCUT2D eigenvalue weighted by atomic mass is 19.1. The van der Waals surface area contributed by atoms with E-state index in [2.05, 4.69) is 26.8 Å². The van der Waals surface area contributed by atoms with Gasteiger partial charge in [-0.15, -0.1) is 0 Å². The molecule has 0 heterocycles. The summed E-state index contributed by atoms with van der Waals surface area (Å²) >= 11 is 0. The minimum Gasteiger partial charge on any atom is -0.207 e. The lowest BCUT2D eigenvalue weighted by atomic mass is 9.68. The average molecular weight is 285 g/mol. The fourth-order valence-corrected chi connectivity index (χ4v) is 2.67. The molecule has 0 aromatic heterocycles. The van der Waals surface area contributed by atoms with Gasteiger partial charge in [-0.05, 0) is 49.8 Å². The Morgan fingerprint density at radius 3 is 2.76 bits per heavy atom. The molecule has 1 aliphatic carbocycles. The zero-order chi connectivity index (χ0) is 15.9. The minimum absolute atomic E-state index is 0.178. The fraction of sp³-hybridized carbons (Fsp3) is 0.421. The summed E-state index contributed by atoms with van der Waals surface area (Å²) in [5.41, 5.74) is 2.30. The van der Waals surface area contributed by atoms with Crippen molar-refractivity contribution >= 4 is 0 Å². The predicted molar refractivity (Wildman–Crippen MR) is 87.1 cm³/mol. The summed E-state index contributed by atoms with van der Waals surface area (Å²) in [4.78, 5) is 0. The lowest BCUT2D eigenvalue weighted by Gasteiger charge is -2.36. The minimum atomic E-state index is -0.273. The Hall–Kier alpha value is -1.88. The summed E-state index contributed by atoms with van der Waals surface area (Å²) in [5, 5.41) is 8.48. The maximum Gasteiger partial charge on any atom is 0.122 e. The molecule has 0 aromatic rings. The molecule has 0 N–H and O–H groups in total. The number of halogens is 1. The van der Waals surface area contributed by atoms with E-state index in [-0.39, 0.29) is 17.2 Å². The monoisotopic (exact) mass is 285 g/mol. The Morgan fingerprint density at radius 2 is 2.14 bits per heavy atom. The lowest BCUT2D eigenvalue weighted by molar-refractivity contribution is 0.255. The van der Waals surface area contributed by atoms with Crippen molar-refractivity contribution in [2.24, 2.45) is 11.3 Å². The van der Waals surface area contributed by atoms with Crippen LogP contribution in [0, 0.1) is 22.7 Å². The Labute approximate surface area is 127 Å². The van der Waals surface area contributed by atoms with Gasteiger partial charge in [0, 0.05) is 12.0 Å². The first-order valence-corrected chi connectivity index (χ1v) is 7.32. The van der Waals surface area contributed by atoms with Crippen LogP contribution in [0.5, 0.6) is 0 Å². The van der Waals surface area contributed by atoms with E-state index in [0.717, 1.165) is 18.4 Å². The van der Waals surface area contributed by atoms with Gasteiger partial charge in [0.2, 0.25) is 0 Å². The average Bonchev–Trinajstić information content (AvgIpc) is 2.37. The molecule has 112 valence electrons. The van der Waals surface area contributed by atoms with E-state index < -0.39 is 0 Å². The number of nitriles is 1. The molecule has 0 aliphatic heterocycles. The third-order valence-corrected chi connectivity index (χ3v) is 3.94. The summed E-state index contributed by atoms with van der Waals surface area (Å²) in [6, 6.07) is 1.94. The first kappa shape index (κ1) is 17.2. The molecule has 0 aromatic carbocycles. The molecule has 2 heteroatoms. The molecule has 21 heavy (non-hydrogen) atoms. The molecule has 0 fully saturated rings. The molecule has 0 radical (unpaired) electrons. The van der Waals surface area contributed by atoms with Crippen LogP contribution in [-0.4, -0.2) is 0 Å². The Kier molecular flexibility index (Phi) is 6.37. The number of hydrogen-bond donors (Lipinski definition) is 0. The van der Waals surface area contributed by atoms with E-state index in [1.54, 1.807) is 25.2 Å². The second kappa shape index (κ2) is 7.78. The van der Waals surface area contributed by atoms with E-state index in [9.17, 15) is 4.39 Å². The van der Waals surface area contributed by atoms with Gasteiger partial charge in [0.15, 0.2) is 0 Å². The van der Waals surface area contributed by atoms with Crippen LogP contribution < -0.4 is 0 Å². The normalized spacial score (nSPS) is 23.4. The molecule has 0 bridgehead atoms. The van der Waals surface area contributed by atoms with Crippen molar-refractivity contribution in [2.75, 3.05) is 0 Å². The summed E-state index contributed by atoms with van der Waals surface area (Å²) < 4.78 is 13.8. The van der Waals surface area contributed by atoms with Crippen LogP contribution in [0.2, 0.25) is 0 Å². The molecule has 0 spiro atoms. The number of rotatable bonds is 4. The molecule has 1 aliphatic rings. The molecule has 1 nitrogen and oxygen atoms in total. The van der Waals surface area contributed by atoms with E-state index in [1.807, 2.05) is 12.1 Å². The zero-order valence-electron chi connectivity index (χ0n) is 13.4. The van der Waals surface area contributed by atoms with Crippen molar-refractivity contribution in [3.63, 3.8) is 0 Å². The summed E-state index contributed by atoms with van der Waals surface area (Å²) in [5.74, 6) is 0.0137. The van der Waals surface area contributed by atoms with Gasteiger partial charge in [-0.25, -0.2) is 4.39 Å². The van der Waals surface area contributed by atoms with Gasteiger partial charge < -0.3 is 0 Å². The topological polar surface area (TPSA) is 23.8 Å². The van der Waals surface area contributed by atoms with Crippen molar-refractivity contribution in [3.8, 4) is 6.07 Å². The fourth-order valence-electron chi connectivity index (χ4n) is 2.67. The third-order valence-electron chi connectivity index (χ3n) is 3.94. The zero-order valence-corrected chi connectivity index (χ0v) is 13.4. The van der Waals surface area contributed by atoms with Gasteiger partial charge in [-0.3, -0.25) is 0 Å². The predicted octanol–water partition coefficient (Wildman–Crippen LogP) is 5.80. The highest BCUT2D eigenvalue weighted by Gasteiger charge is 2.30. The highest BCUT2D eigenvalue weighted by molar-refractivity contribution is 5.28. The molecule has 1 rings (SSSR count). The van der Waals surface area contributed by atoms with Gasteiger partial charge in [0.05, 0.1) is 6.07 Å². The van der Waals surface area contributed by atoms with Crippen LogP contribution in [0.4, 0.5) is 4.39 Å². The van der Waals surface area contributed by atoms with Crippen molar-refractivity contribution < 1.29 is 4.39 Å². The third kappa shape index (κ3) is 5.55. The van der Waals surface area contributed by atoms with Gasteiger partial charge in [-0.2, -0.15) is 5.26 Å². The quantitative estimate of drug-likeness (QED) is 0.363. The van der Waals surface area contributed by atoms with Crippen LogP contribution in [0.25, 0.3) is 0 Å². The van der Waals surface area contributed by atoms with Crippen molar-refractivity contribution in [1.82, 2.24) is 0 Å². The van der Waals surface area contributed by atoms with Gasteiger partial charge in [0.25, 0.3) is 0 Å². The van der Waals surface area contributed by atoms with Crippen molar-refractivity contribution in [2.45, 2.75) is 40.5 Å². The highest BCUT2D eigenvalue weighted by Crippen LogP contribution is 2.41. The largest absolute Gasteiger partial charge is 0.207 e. The second-order valence-electron chi connectivity index (χ2n) is 6.24. The van der Waals surface area contributed by atoms with Crippen LogP contribution >= 0.6 is 0 Å². The summed E-state index contributed by atoms with van der Waals surface area (Å²) in [6.07, 6.45) is 14.2. The maximum absolute atomic E-state index is 13.8. The van der Waals surface area contributed by atoms with E-state index >= 15 is 0 Å². The molecular formula is C19H24FN. The first-order valence-electron chi connectivity index (χ1n) is 7.32. The number of allylic oxidation sites excluding steroid dienone is 10. The first-order chi connectivity index (χ1) is 9.86. The van der Waals surface area contributed by atoms with E-state index in [4.69, 9.17) is 5.26 Å². The standard InChI is InChI=1S/C19H24FN/c1-15(12-14-21)7-5-9-17(20)10-11-18-16(2)8-6-13-19(18,3)4/h5,7-12,18H,6,13H2,1-4H3/b7-5+,11-10+,15-12+,17-9-. The lowest BCUT2D eigenvalue weighted by Crippen LogP contribution is -2.26. The van der Waals surface area contributed by atoms with Crippen molar-refractivity contribution in [1.29, 1.82) is 5.26 Å². The maximum atomic E-state index is 13.8. The SMILES string of the molecule is CC1=CCCC(C)(C)C1/C=C/C(F)=C/C=C/C(C)=C/C#N. The molecule has 1 atom stereocenters. The molecule has 0 saturated heterocycles. The van der Waals surface area contributed by atoms with E-state index in [0.29, 0.717) is 0 Å². The van der Waals surface area contributed by atoms with E-state index in [1.165, 1.54) is 17.7 Å². The van der Waals surface area contributed by atoms with Gasteiger partial charge >= 0.3 is 0 Å². The Morgan fingerprint density at radius 1 is 1.43 bits per heavy atom. The summed E-state index contributed by atoms with van der Waals surface area (Å²) in [6.45, 7) is 8.39. The Bertz CT molecular complexity index is 551. The van der Waals surface area contributed by atoms with Crippen LogP contribution in [0.1, 0.15) is 40.5 Å². The molecule has 0 amide bonds. The van der Waals surface area contributed by atoms with Crippen LogP contribution in [0.3, 0.4) is 0 Å². The number of hydrogen-bond acceptors (Lipinski definition) is 1. The van der Waals surface area contributed by atoms with Gasteiger partial charge in [-0.1, -0.05) is 43.7 Å². The molecule has 1 unspecified atom stereocenters. The molecular weight excluding hydrogens is 261 g/mol. The number of nitrogens with zero attached hydrogens (tertiary/aromatic N) is 1.